The van der Waals surface area contributed by atoms with E-state index in [4.69, 9.17) is 28.3 Å². The second-order valence-electron chi connectivity index (χ2n) is 5.45. The zero-order valence-electron chi connectivity index (χ0n) is 11.7. The molecule has 2 rings (SSSR count). The fourth-order valence-corrected chi connectivity index (χ4v) is 3.06. The van der Waals surface area contributed by atoms with Gasteiger partial charge in [-0.3, -0.25) is 9.59 Å². The summed E-state index contributed by atoms with van der Waals surface area (Å²) in [6.07, 6.45) is 1.04. The number of nitrogens with zero attached hydrogens (tertiary/aromatic N) is 1. The summed E-state index contributed by atoms with van der Waals surface area (Å²) in [4.78, 5) is 24.9. The summed E-state index contributed by atoms with van der Waals surface area (Å²) in [6, 6.07) is 5.22. The zero-order valence-corrected chi connectivity index (χ0v) is 13.2. The van der Waals surface area contributed by atoms with Crippen LogP contribution in [-0.2, 0) is 16.0 Å². The molecule has 1 amide bonds. The van der Waals surface area contributed by atoms with Crippen molar-refractivity contribution >= 4 is 35.1 Å². The van der Waals surface area contributed by atoms with E-state index in [0.717, 1.165) is 5.56 Å². The largest absolute Gasteiger partial charge is 0.481 e. The van der Waals surface area contributed by atoms with Crippen LogP contribution in [-0.4, -0.2) is 35.0 Å². The molecule has 2 atom stereocenters. The summed E-state index contributed by atoms with van der Waals surface area (Å²) >= 11 is 12.0. The molecule has 1 aromatic rings. The minimum Gasteiger partial charge on any atom is -0.481 e. The topological polar surface area (TPSA) is 57.6 Å². The van der Waals surface area contributed by atoms with E-state index >= 15 is 0 Å². The Morgan fingerprint density at radius 3 is 2.71 bits per heavy atom. The van der Waals surface area contributed by atoms with Crippen molar-refractivity contribution in [1.82, 2.24) is 4.90 Å². The quantitative estimate of drug-likeness (QED) is 0.923. The highest BCUT2D eigenvalue weighted by Crippen LogP contribution is 2.25. The molecule has 1 aliphatic heterocycles. The van der Waals surface area contributed by atoms with Gasteiger partial charge in [0.05, 0.1) is 5.92 Å². The average molecular weight is 330 g/mol. The van der Waals surface area contributed by atoms with Gasteiger partial charge >= 0.3 is 5.97 Å². The summed E-state index contributed by atoms with van der Waals surface area (Å²) in [5.74, 6) is -1.54. The van der Waals surface area contributed by atoms with Gasteiger partial charge in [0.1, 0.15) is 0 Å². The predicted molar refractivity (Wildman–Crippen MR) is 81.7 cm³/mol. The summed E-state index contributed by atoms with van der Waals surface area (Å²) in [6.45, 7) is 2.64. The number of amides is 1. The Morgan fingerprint density at radius 1 is 1.43 bits per heavy atom. The third-order valence-corrected chi connectivity index (χ3v) is 4.40. The minimum absolute atomic E-state index is 0.0234. The maximum atomic E-state index is 12.4. The van der Waals surface area contributed by atoms with Crippen LogP contribution in [0.1, 0.15) is 18.9 Å². The van der Waals surface area contributed by atoms with Gasteiger partial charge in [-0.05, 0) is 30.5 Å². The smallest absolute Gasteiger partial charge is 0.308 e. The Bertz CT molecular complexity index is 562. The number of carbonyl (C=O) groups is 2. The first-order valence-corrected chi connectivity index (χ1v) is 7.59. The molecule has 1 aliphatic rings. The van der Waals surface area contributed by atoms with Crippen molar-refractivity contribution in [3.05, 3.63) is 33.8 Å². The summed E-state index contributed by atoms with van der Waals surface area (Å²) in [5.41, 5.74) is 0.871. The minimum atomic E-state index is -0.835. The average Bonchev–Trinajstić information content (AvgIpc) is 2.90. The van der Waals surface area contributed by atoms with E-state index in [-0.39, 0.29) is 11.8 Å². The number of aliphatic carboxylic acids is 1. The lowest BCUT2D eigenvalue weighted by molar-refractivity contribution is -0.141. The lowest BCUT2D eigenvalue weighted by Crippen LogP contribution is -2.34. The number of likely N-dealkylation sites (tertiary alicyclic amines) is 1. The van der Waals surface area contributed by atoms with Crippen molar-refractivity contribution in [3.63, 3.8) is 0 Å². The molecule has 1 saturated heterocycles. The van der Waals surface area contributed by atoms with Crippen molar-refractivity contribution in [1.29, 1.82) is 0 Å². The molecule has 21 heavy (non-hydrogen) atoms. The van der Waals surface area contributed by atoms with E-state index < -0.39 is 11.9 Å². The molecule has 1 aromatic carbocycles. The fraction of sp³-hybridized carbons (Fsp3) is 0.467. The number of benzene rings is 1. The first-order chi connectivity index (χ1) is 9.88. The van der Waals surface area contributed by atoms with Crippen LogP contribution in [0.5, 0.6) is 0 Å². The molecule has 1 N–H and O–H groups in total. The zero-order chi connectivity index (χ0) is 15.6. The van der Waals surface area contributed by atoms with Gasteiger partial charge in [-0.2, -0.15) is 0 Å². The molecule has 0 aliphatic carbocycles. The highest BCUT2D eigenvalue weighted by Gasteiger charge is 2.32. The normalized spacial score (nSPS) is 19.6. The van der Waals surface area contributed by atoms with Crippen molar-refractivity contribution in [2.24, 2.45) is 11.8 Å². The molecule has 6 heteroatoms. The lowest BCUT2D eigenvalue weighted by atomic mass is 10.00. The Kier molecular flexibility index (Phi) is 5.12. The van der Waals surface area contributed by atoms with Gasteiger partial charge in [-0.25, -0.2) is 0 Å². The van der Waals surface area contributed by atoms with Crippen molar-refractivity contribution in [2.45, 2.75) is 19.8 Å². The van der Waals surface area contributed by atoms with Crippen LogP contribution in [0.25, 0.3) is 0 Å². The number of rotatable bonds is 4. The van der Waals surface area contributed by atoms with E-state index in [1.165, 1.54) is 0 Å². The van der Waals surface area contributed by atoms with Crippen molar-refractivity contribution in [2.75, 3.05) is 13.1 Å². The SMILES string of the molecule is C[C@H](Cc1ccc(Cl)cc1Cl)C(=O)N1CC[C@H](C(=O)O)C1. The van der Waals surface area contributed by atoms with Crippen LogP contribution in [0.2, 0.25) is 10.0 Å². The fourth-order valence-electron chi connectivity index (χ4n) is 2.58. The van der Waals surface area contributed by atoms with Crippen molar-refractivity contribution < 1.29 is 14.7 Å². The van der Waals surface area contributed by atoms with E-state index in [1.54, 1.807) is 17.0 Å². The van der Waals surface area contributed by atoms with Crippen LogP contribution >= 0.6 is 23.2 Å². The van der Waals surface area contributed by atoms with Gasteiger partial charge in [0.15, 0.2) is 0 Å². The molecule has 1 heterocycles. The van der Waals surface area contributed by atoms with Gasteiger partial charge in [0.2, 0.25) is 5.91 Å². The first-order valence-electron chi connectivity index (χ1n) is 6.84. The van der Waals surface area contributed by atoms with E-state index in [1.807, 2.05) is 13.0 Å². The Hall–Kier alpha value is -1.26. The molecule has 0 spiro atoms. The van der Waals surface area contributed by atoms with Gasteiger partial charge in [-0.1, -0.05) is 36.2 Å². The third-order valence-electron chi connectivity index (χ3n) is 3.81. The van der Waals surface area contributed by atoms with E-state index in [2.05, 4.69) is 0 Å². The third kappa shape index (κ3) is 3.89. The molecule has 0 unspecified atom stereocenters. The number of hydrogen-bond acceptors (Lipinski definition) is 2. The number of carboxylic acid groups (broad SMARTS) is 1. The molecule has 1 fully saturated rings. The maximum Gasteiger partial charge on any atom is 0.308 e. The monoisotopic (exact) mass is 329 g/mol. The number of halogens is 2. The molecular formula is C15H17Cl2NO3. The van der Waals surface area contributed by atoms with Crippen LogP contribution in [0.3, 0.4) is 0 Å². The van der Waals surface area contributed by atoms with E-state index in [0.29, 0.717) is 36.0 Å². The Morgan fingerprint density at radius 2 is 2.14 bits per heavy atom. The van der Waals surface area contributed by atoms with Gasteiger partial charge in [0.25, 0.3) is 0 Å². The van der Waals surface area contributed by atoms with Gasteiger partial charge in [-0.15, -0.1) is 0 Å². The number of hydrogen-bond donors (Lipinski definition) is 1. The predicted octanol–water partition coefficient (Wildman–Crippen LogP) is 3.11. The molecular weight excluding hydrogens is 313 g/mol. The second-order valence-corrected chi connectivity index (χ2v) is 6.29. The molecule has 0 saturated carbocycles. The van der Waals surface area contributed by atoms with E-state index in [9.17, 15) is 9.59 Å². The number of carbonyl (C=O) groups excluding carboxylic acids is 1. The maximum absolute atomic E-state index is 12.4. The molecule has 0 radical (unpaired) electrons. The summed E-state index contributed by atoms with van der Waals surface area (Å²) < 4.78 is 0. The highest BCUT2D eigenvalue weighted by atomic mass is 35.5. The molecule has 4 nitrogen and oxygen atoms in total. The molecule has 0 bridgehead atoms. The Balaban J connectivity index is 1.98. The van der Waals surface area contributed by atoms with Crippen LogP contribution in [0.15, 0.2) is 18.2 Å². The standard InChI is InChI=1S/C15H17Cl2NO3/c1-9(6-10-2-3-12(16)7-13(10)17)14(19)18-5-4-11(8-18)15(20)21/h2-3,7,9,11H,4-6,8H2,1H3,(H,20,21)/t9-,11+/m1/s1. The highest BCUT2D eigenvalue weighted by molar-refractivity contribution is 6.35. The van der Waals surface area contributed by atoms with Crippen LogP contribution < -0.4 is 0 Å². The number of carboxylic acids is 1. The van der Waals surface area contributed by atoms with Gasteiger partial charge in [0, 0.05) is 29.1 Å². The first kappa shape index (κ1) is 16.1. The van der Waals surface area contributed by atoms with Gasteiger partial charge < -0.3 is 10.0 Å². The molecule has 0 aromatic heterocycles. The summed E-state index contributed by atoms with van der Waals surface area (Å²) in [5, 5.41) is 10.1. The lowest BCUT2D eigenvalue weighted by Gasteiger charge is -2.21. The van der Waals surface area contributed by atoms with Crippen LogP contribution in [0, 0.1) is 11.8 Å². The second kappa shape index (κ2) is 6.67. The van der Waals surface area contributed by atoms with Crippen LogP contribution in [0.4, 0.5) is 0 Å². The van der Waals surface area contributed by atoms with Crippen molar-refractivity contribution in [3.8, 4) is 0 Å². The summed E-state index contributed by atoms with van der Waals surface area (Å²) in [7, 11) is 0. The molecule has 114 valence electrons. The Labute approximate surface area is 133 Å².